The Labute approximate surface area is 158 Å². The van der Waals surface area contributed by atoms with E-state index in [9.17, 15) is 9.90 Å². The van der Waals surface area contributed by atoms with Crippen LogP contribution in [0.4, 0.5) is 0 Å². The van der Waals surface area contributed by atoms with E-state index in [1.807, 2.05) is 0 Å². The first-order valence-corrected chi connectivity index (χ1v) is 10.6. The quantitative estimate of drug-likeness (QED) is 0.767. The van der Waals surface area contributed by atoms with Gasteiger partial charge in [0.15, 0.2) is 0 Å². The molecule has 2 aliphatic rings. The summed E-state index contributed by atoms with van der Waals surface area (Å²) in [6.07, 6.45) is 8.99. The average Bonchev–Trinajstić information content (AvgIpc) is 2.65. The zero-order valence-corrected chi connectivity index (χ0v) is 16.5. The summed E-state index contributed by atoms with van der Waals surface area (Å²) in [4.78, 5) is 15.0. The van der Waals surface area contributed by atoms with Crippen LogP contribution in [0.3, 0.4) is 0 Å². The highest BCUT2D eigenvalue weighted by atomic mass is 16.3. The smallest absolute Gasteiger partial charge is 0.136 e. The Hall–Kier alpha value is -1.35. The predicted molar refractivity (Wildman–Crippen MR) is 106 cm³/mol. The molecular formula is C23H35NO2. The highest BCUT2D eigenvalue weighted by Gasteiger charge is 2.32. The number of aromatic hydroxyl groups is 1. The summed E-state index contributed by atoms with van der Waals surface area (Å²) in [6, 6.07) is 8.22. The fourth-order valence-electron chi connectivity index (χ4n) is 5.04. The first-order chi connectivity index (χ1) is 12.5. The van der Waals surface area contributed by atoms with Crippen LogP contribution in [-0.4, -0.2) is 34.9 Å². The molecule has 1 saturated carbocycles. The van der Waals surface area contributed by atoms with Gasteiger partial charge in [-0.1, -0.05) is 38.3 Å². The lowest BCUT2D eigenvalue weighted by atomic mass is 9.80. The number of carbonyl (C=O) groups is 1. The average molecular weight is 358 g/mol. The Morgan fingerprint density at radius 2 is 1.81 bits per heavy atom. The van der Waals surface area contributed by atoms with Crippen molar-refractivity contribution in [3.8, 4) is 5.75 Å². The van der Waals surface area contributed by atoms with Gasteiger partial charge in [-0.3, -0.25) is 9.69 Å². The van der Waals surface area contributed by atoms with Crippen molar-refractivity contribution in [3.05, 3.63) is 29.8 Å². The largest absolute Gasteiger partial charge is 0.508 e. The second-order valence-electron chi connectivity index (χ2n) is 8.68. The first-order valence-electron chi connectivity index (χ1n) is 10.6. The van der Waals surface area contributed by atoms with E-state index in [0.29, 0.717) is 35.3 Å². The van der Waals surface area contributed by atoms with Crippen molar-refractivity contribution in [1.82, 2.24) is 4.90 Å². The molecule has 1 aromatic rings. The minimum absolute atomic E-state index is 0.336. The zero-order valence-electron chi connectivity index (χ0n) is 16.5. The Kier molecular flexibility index (Phi) is 6.74. The van der Waals surface area contributed by atoms with E-state index in [1.54, 1.807) is 12.1 Å². The molecule has 3 nitrogen and oxygen atoms in total. The van der Waals surface area contributed by atoms with Crippen molar-refractivity contribution in [2.75, 3.05) is 13.1 Å². The van der Waals surface area contributed by atoms with Gasteiger partial charge in [0.2, 0.25) is 0 Å². The lowest BCUT2D eigenvalue weighted by Crippen LogP contribution is -2.46. The van der Waals surface area contributed by atoms with E-state index in [2.05, 4.69) is 30.9 Å². The molecule has 0 bridgehead atoms. The van der Waals surface area contributed by atoms with Gasteiger partial charge in [0, 0.05) is 24.9 Å². The number of ketones is 1. The second kappa shape index (κ2) is 9.03. The highest BCUT2D eigenvalue weighted by molar-refractivity contribution is 5.81. The van der Waals surface area contributed by atoms with Crippen LogP contribution in [0.5, 0.6) is 5.75 Å². The van der Waals surface area contributed by atoms with Crippen LogP contribution in [0.1, 0.15) is 76.7 Å². The second-order valence-corrected chi connectivity index (χ2v) is 8.68. The standard InChI is InChI=1S/C23H35NO2/c1-17-15-22(19-10-12-21(25)13-11-19)18(2)24(16-17)14-6-9-23(26)20-7-4-3-5-8-20/h10-13,17-18,20,22,25H,3-9,14-16H2,1-2H3. The maximum atomic E-state index is 12.5. The van der Waals surface area contributed by atoms with E-state index in [0.717, 1.165) is 38.8 Å². The van der Waals surface area contributed by atoms with Gasteiger partial charge >= 0.3 is 0 Å². The van der Waals surface area contributed by atoms with Gasteiger partial charge < -0.3 is 5.11 Å². The lowest BCUT2D eigenvalue weighted by Gasteiger charge is -2.43. The Morgan fingerprint density at radius 1 is 1.12 bits per heavy atom. The molecule has 0 spiro atoms. The summed E-state index contributed by atoms with van der Waals surface area (Å²) in [6.45, 7) is 6.82. The first kappa shape index (κ1) is 19.4. The predicted octanol–water partition coefficient (Wildman–Crippen LogP) is 5.14. The van der Waals surface area contributed by atoms with Gasteiger partial charge in [-0.25, -0.2) is 0 Å². The van der Waals surface area contributed by atoms with Crippen molar-refractivity contribution >= 4 is 5.78 Å². The lowest BCUT2D eigenvalue weighted by molar-refractivity contribution is -0.124. The Bertz CT molecular complexity index is 576. The van der Waals surface area contributed by atoms with Crippen molar-refractivity contribution in [2.45, 2.75) is 77.2 Å². The molecule has 1 saturated heterocycles. The molecule has 3 atom stereocenters. The number of piperidine rings is 1. The van der Waals surface area contributed by atoms with Crippen LogP contribution >= 0.6 is 0 Å². The number of phenolic OH excluding ortho intramolecular Hbond substituents is 1. The van der Waals surface area contributed by atoms with E-state index in [4.69, 9.17) is 0 Å². The molecule has 1 aliphatic heterocycles. The summed E-state index contributed by atoms with van der Waals surface area (Å²) >= 11 is 0. The number of rotatable bonds is 6. The molecule has 3 heteroatoms. The van der Waals surface area contributed by atoms with Crippen LogP contribution in [0.2, 0.25) is 0 Å². The number of carbonyl (C=O) groups excluding carboxylic acids is 1. The molecule has 0 amide bonds. The third-order valence-electron chi connectivity index (χ3n) is 6.61. The molecule has 1 aliphatic carbocycles. The third-order valence-corrected chi connectivity index (χ3v) is 6.61. The number of hydrogen-bond donors (Lipinski definition) is 1. The van der Waals surface area contributed by atoms with Crippen LogP contribution < -0.4 is 0 Å². The van der Waals surface area contributed by atoms with Crippen molar-refractivity contribution in [3.63, 3.8) is 0 Å². The SMILES string of the molecule is CC1CC(c2ccc(O)cc2)C(C)N(CCCC(=O)C2CCCCC2)C1. The van der Waals surface area contributed by atoms with E-state index < -0.39 is 0 Å². The molecule has 0 radical (unpaired) electrons. The van der Waals surface area contributed by atoms with E-state index in [-0.39, 0.29) is 0 Å². The van der Waals surface area contributed by atoms with Gasteiger partial charge in [-0.05, 0) is 68.7 Å². The number of phenols is 1. The van der Waals surface area contributed by atoms with Crippen LogP contribution in [0.15, 0.2) is 24.3 Å². The van der Waals surface area contributed by atoms with Gasteiger partial charge in [0.05, 0.1) is 0 Å². The fourth-order valence-corrected chi connectivity index (χ4v) is 5.04. The van der Waals surface area contributed by atoms with Gasteiger partial charge in [-0.2, -0.15) is 0 Å². The normalized spacial score (nSPS) is 28.2. The van der Waals surface area contributed by atoms with E-state index >= 15 is 0 Å². The molecule has 3 unspecified atom stereocenters. The topological polar surface area (TPSA) is 40.5 Å². The number of nitrogens with zero attached hydrogens (tertiary/aromatic N) is 1. The zero-order chi connectivity index (χ0) is 18.5. The molecule has 2 fully saturated rings. The van der Waals surface area contributed by atoms with Gasteiger partial charge in [-0.15, -0.1) is 0 Å². The minimum atomic E-state index is 0.336. The molecule has 1 heterocycles. The van der Waals surface area contributed by atoms with Crippen LogP contribution in [0, 0.1) is 11.8 Å². The molecular weight excluding hydrogens is 322 g/mol. The Balaban J connectivity index is 1.53. The minimum Gasteiger partial charge on any atom is -0.508 e. The molecule has 144 valence electrons. The molecule has 1 N–H and O–H groups in total. The fraction of sp³-hybridized carbons (Fsp3) is 0.696. The summed E-state index contributed by atoms with van der Waals surface area (Å²) in [5.41, 5.74) is 1.32. The summed E-state index contributed by atoms with van der Waals surface area (Å²) in [5.74, 6) is 2.37. The maximum absolute atomic E-state index is 12.5. The summed E-state index contributed by atoms with van der Waals surface area (Å²) < 4.78 is 0. The number of Topliss-reactive ketones (excluding diaryl/α,β-unsaturated/α-hetero) is 1. The van der Waals surface area contributed by atoms with Gasteiger partial charge in [0.25, 0.3) is 0 Å². The van der Waals surface area contributed by atoms with Crippen molar-refractivity contribution < 1.29 is 9.90 Å². The summed E-state index contributed by atoms with van der Waals surface area (Å²) in [7, 11) is 0. The van der Waals surface area contributed by atoms with Crippen molar-refractivity contribution in [2.24, 2.45) is 11.8 Å². The monoisotopic (exact) mass is 357 g/mol. The number of likely N-dealkylation sites (tertiary alicyclic amines) is 1. The molecule has 26 heavy (non-hydrogen) atoms. The highest BCUT2D eigenvalue weighted by Crippen LogP contribution is 2.36. The van der Waals surface area contributed by atoms with Crippen LogP contribution in [-0.2, 0) is 4.79 Å². The van der Waals surface area contributed by atoms with Gasteiger partial charge in [0.1, 0.15) is 11.5 Å². The molecule has 0 aromatic heterocycles. The molecule has 3 rings (SSSR count). The molecule has 1 aromatic carbocycles. The van der Waals surface area contributed by atoms with Crippen molar-refractivity contribution in [1.29, 1.82) is 0 Å². The third kappa shape index (κ3) is 4.88. The number of hydrogen-bond acceptors (Lipinski definition) is 3. The summed E-state index contributed by atoms with van der Waals surface area (Å²) in [5, 5.41) is 9.56. The van der Waals surface area contributed by atoms with E-state index in [1.165, 1.54) is 31.2 Å². The number of benzene rings is 1. The van der Waals surface area contributed by atoms with Crippen LogP contribution in [0.25, 0.3) is 0 Å². The maximum Gasteiger partial charge on any atom is 0.136 e. The Morgan fingerprint density at radius 3 is 2.50 bits per heavy atom.